The van der Waals surface area contributed by atoms with Crippen molar-refractivity contribution >= 4 is 28.7 Å². The van der Waals surface area contributed by atoms with Crippen molar-refractivity contribution < 1.29 is 0 Å². The monoisotopic (exact) mass is 389 g/mol. The zero-order chi connectivity index (χ0) is 19.6. The van der Waals surface area contributed by atoms with Crippen LogP contribution in [0.2, 0.25) is 5.02 Å². The van der Waals surface area contributed by atoms with Crippen molar-refractivity contribution in [3.63, 3.8) is 0 Å². The van der Waals surface area contributed by atoms with Crippen molar-refractivity contribution in [3.8, 4) is 0 Å². The minimum Gasteiger partial charge on any atom is -0.356 e. The Labute approximate surface area is 162 Å². The normalized spacial score (nSPS) is 11.3. The lowest BCUT2D eigenvalue weighted by Crippen LogP contribution is -2.39. The van der Waals surface area contributed by atoms with E-state index in [4.69, 9.17) is 11.6 Å². The van der Waals surface area contributed by atoms with Gasteiger partial charge in [-0.2, -0.15) is 4.98 Å². The molecule has 0 aliphatic heterocycles. The number of anilines is 1. The van der Waals surface area contributed by atoms with Gasteiger partial charge in [0, 0.05) is 25.7 Å². The van der Waals surface area contributed by atoms with Crippen LogP contribution in [0.5, 0.6) is 0 Å². The van der Waals surface area contributed by atoms with Crippen LogP contribution < -0.4 is 16.6 Å². The molecule has 0 saturated carbocycles. The van der Waals surface area contributed by atoms with Crippen molar-refractivity contribution in [2.75, 3.05) is 11.9 Å². The Morgan fingerprint density at radius 1 is 1.11 bits per heavy atom. The fourth-order valence-electron chi connectivity index (χ4n) is 3.11. The zero-order valence-corrected chi connectivity index (χ0v) is 16.6. The highest BCUT2D eigenvalue weighted by Gasteiger charge is 2.18. The van der Waals surface area contributed by atoms with Crippen LogP contribution in [0, 0.1) is 0 Å². The standard InChI is InChI=1S/C19H24ClN5O2/c1-4-5-8-11-21-18-22-16-15(23(18)2)17(26)25(19(27)24(16)3)12-13-9-6-7-10-14(13)20/h6-7,9-10H,4-5,8,11-12H2,1-3H3,(H,21,22). The number of unbranched alkanes of at least 4 members (excludes halogenated alkanes) is 2. The first kappa shape index (κ1) is 19.2. The maximum atomic E-state index is 13.0. The van der Waals surface area contributed by atoms with Gasteiger partial charge in [0.2, 0.25) is 5.95 Å². The zero-order valence-electron chi connectivity index (χ0n) is 15.8. The quantitative estimate of drug-likeness (QED) is 0.630. The molecule has 144 valence electrons. The molecule has 0 radical (unpaired) electrons. The third-order valence-electron chi connectivity index (χ3n) is 4.71. The number of hydrogen-bond donors (Lipinski definition) is 1. The number of hydrogen-bond acceptors (Lipinski definition) is 4. The number of nitrogens with one attached hydrogen (secondary N) is 1. The maximum absolute atomic E-state index is 13.0. The highest BCUT2D eigenvalue weighted by Crippen LogP contribution is 2.17. The first-order valence-corrected chi connectivity index (χ1v) is 9.47. The van der Waals surface area contributed by atoms with E-state index >= 15 is 0 Å². The third-order valence-corrected chi connectivity index (χ3v) is 5.08. The second kappa shape index (κ2) is 8.00. The number of benzene rings is 1. The van der Waals surface area contributed by atoms with E-state index in [-0.39, 0.29) is 12.1 Å². The molecule has 8 heteroatoms. The van der Waals surface area contributed by atoms with Crippen LogP contribution in [0.3, 0.4) is 0 Å². The Morgan fingerprint density at radius 3 is 2.56 bits per heavy atom. The minimum atomic E-state index is -0.414. The number of fused-ring (bicyclic) bond motifs is 1. The molecule has 27 heavy (non-hydrogen) atoms. The van der Waals surface area contributed by atoms with Crippen molar-refractivity contribution in [3.05, 3.63) is 55.7 Å². The Balaban J connectivity index is 2.07. The predicted octanol–water partition coefficient (Wildman–Crippen LogP) is 2.74. The number of imidazole rings is 1. The van der Waals surface area contributed by atoms with Gasteiger partial charge >= 0.3 is 5.69 Å². The summed E-state index contributed by atoms with van der Waals surface area (Å²) >= 11 is 6.20. The van der Waals surface area contributed by atoms with E-state index in [1.54, 1.807) is 24.7 Å². The number of rotatable bonds is 7. The summed E-state index contributed by atoms with van der Waals surface area (Å²) in [5.41, 5.74) is 0.702. The van der Waals surface area contributed by atoms with E-state index < -0.39 is 5.69 Å². The van der Waals surface area contributed by atoms with Gasteiger partial charge in [0.25, 0.3) is 5.56 Å². The molecule has 0 amide bonds. The lowest BCUT2D eigenvalue weighted by Gasteiger charge is -2.10. The van der Waals surface area contributed by atoms with Crippen molar-refractivity contribution in [2.24, 2.45) is 14.1 Å². The van der Waals surface area contributed by atoms with Crippen LogP contribution >= 0.6 is 11.6 Å². The highest BCUT2D eigenvalue weighted by molar-refractivity contribution is 6.31. The Bertz CT molecular complexity index is 1080. The van der Waals surface area contributed by atoms with E-state index in [1.807, 2.05) is 18.2 Å². The Kier molecular flexibility index (Phi) is 5.70. The van der Waals surface area contributed by atoms with Gasteiger partial charge in [-0.05, 0) is 18.1 Å². The molecule has 3 rings (SSSR count). The second-order valence-electron chi connectivity index (χ2n) is 6.62. The van der Waals surface area contributed by atoms with Gasteiger partial charge in [0.15, 0.2) is 11.2 Å². The van der Waals surface area contributed by atoms with Crippen LogP contribution in [0.1, 0.15) is 31.7 Å². The van der Waals surface area contributed by atoms with Crippen molar-refractivity contribution in [1.82, 2.24) is 18.7 Å². The molecule has 0 fully saturated rings. The molecule has 1 N–H and O–H groups in total. The molecule has 2 aromatic heterocycles. The van der Waals surface area contributed by atoms with E-state index in [0.717, 1.165) is 31.4 Å². The summed E-state index contributed by atoms with van der Waals surface area (Å²) in [6.45, 7) is 3.03. The lowest BCUT2D eigenvalue weighted by atomic mass is 10.2. The lowest BCUT2D eigenvalue weighted by molar-refractivity contribution is 0.655. The summed E-state index contributed by atoms with van der Waals surface area (Å²) in [5, 5.41) is 3.78. The van der Waals surface area contributed by atoms with Gasteiger partial charge in [0.05, 0.1) is 6.54 Å². The summed E-state index contributed by atoms with van der Waals surface area (Å²) < 4.78 is 4.32. The molecule has 2 heterocycles. The van der Waals surface area contributed by atoms with Gasteiger partial charge in [-0.3, -0.25) is 13.9 Å². The highest BCUT2D eigenvalue weighted by atomic mass is 35.5. The molecule has 1 aromatic carbocycles. The molecular weight excluding hydrogens is 366 g/mol. The minimum absolute atomic E-state index is 0.117. The van der Waals surface area contributed by atoms with Crippen LogP contribution in [-0.2, 0) is 20.6 Å². The van der Waals surface area contributed by atoms with E-state index in [2.05, 4.69) is 17.2 Å². The third kappa shape index (κ3) is 3.64. The van der Waals surface area contributed by atoms with Crippen LogP contribution in [-0.4, -0.2) is 25.2 Å². The van der Waals surface area contributed by atoms with Gasteiger partial charge in [-0.1, -0.05) is 49.6 Å². The number of nitrogens with zero attached hydrogens (tertiary/aromatic N) is 4. The molecule has 0 bridgehead atoms. The number of halogens is 1. The van der Waals surface area contributed by atoms with Gasteiger partial charge in [0.1, 0.15) is 0 Å². The molecular formula is C19H24ClN5O2. The molecule has 0 spiro atoms. The Morgan fingerprint density at radius 2 is 1.85 bits per heavy atom. The van der Waals surface area contributed by atoms with Crippen molar-refractivity contribution in [1.29, 1.82) is 0 Å². The fraction of sp³-hybridized carbons (Fsp3) is 0.421. The summed E-state index contributed by atoms with van der Waals surface area (Å²) in [4.78, 5) is 30.3. The van der Waals surface area contributed by atoms with Crippen molar-refractivity contribution in [2.45, 2.75) is 32.7 Å². The summed E-state index contributed by atoms with van der Waals surface area (Å²) in [6.07, 6.45) is 3.28. The number of aryl methyl sites for hydroxylation is 2. The van der Waals surface area contributed by atoms with E-state index in [0.29, 0.717) is 22.1 Å². The fourth-order valence-corrected chi connectivity index (χ4v) is 3.31. The molecule has 0 aliphatic rings. The number of aromatic nitrogens is 4. The molecule has 0 saturated heterocycles. The molecule has 0 unspecified atom stereocenters. The first-order chi connectivity index (χ1) is 13.0. The van der Waals surface area contributed by atoms with E-state index in [1.165, 1.54) is 9.13 Å². The van der Waals surface area contributed by atoms with Crippen LogP contribution in [0.4, 0.5) is 5.95 Å². The topological polar surface area (TPSA) is 73.8 Å². The predicted molar refractivity (Wildman–Crippen MR) is 109 cm³/mol. The molecule has 7 nitrogen and oxygen atoms in total. The SMILES string of the molecule is CCCCCNc1nc2c(c(=O)n(Cc3ccccc3Cl)c(=O)n2C)n1C. The summed E-state index contributed by atoms with van der Waals surface area (Å²) in [6, 6.07) is 7.20. The average Bonchev–Trinajstić information content (AvgIpc) is 2.99. The average molecular weight is 390 g/mol. The van der Waals surface area contributed by atoms with Crippen LogP contribution in [0.15, 0.2) is 33.9 Å². The van der Waals surface area contributed by atoms with E-state index in [9.17, 15) is 9.59 Å². The Hall–Kier alpha value is -2.54. The molecule has 0 atom stereocenters. The molecule has 0 aliphatic carbocycles. The smallest absolute Gasteiger partial charge is 0.332 e. The second-order valence-corrected chi connectivity index (χ2v) is 7.03. The van der Waals surface area contributed by atoms with Crippen LogP contribution in [0.25, 0.3) is 11.2 Å². The largest absolute Gasteiger partial charge is 0.356 e. The molecule has 3 aromatic rings. The first-order valence-electron chi connectivity index (χ1n) is 9.09. The summed E-state index contributed by atoms with van der Waals surface area (Å²) in [5.74, 6) is 0.587. The maximum Gasteiger partial charge on any atom is 0.332 e. The van der Waals surface area contributed by atoms with Gasteiger partial charge in [-0.15, -0.1) is 0 Å². The summed E-state index contributed by atoms with van der Waals surface area (Å²) in [7, 11) is 3.41. The van der Waals surface area contributed by atoms with Gasteiger partial charge < -0.3 is 9.88 Å². The van der Waals surface area contributed by atoms with Gasteiger partial charge in [-0.25, -0.2) is 4.79 Å².